The predicted octanol–water partition coefficient (Wildman–Crippen LogP) is 1.91. The highest BCUT2D eigenvalue weighted by Gasteiger charge is 2.21. The molecule has 1 aliphatic carbocycles. The number of rotatable bonds is 4. The second-order valence-corrected chi connectivity index (χ2v) is 5.52. The quantitative estimate of drug-likeness (QED) is 0.769. The Labute approximate surface area is 99.2 Å². The summed E-state index contributed by atoms with van der Waals surface area (Å²) in [6.07, 6.45) is 5.13. The summed E-state index contributed by atoms with van der Waals surface area (Å²) in [4.78, 5) is 11.7. The van der Waals surface area contributed by atoms with Crippen LogP contribution in [0.5, 0.6) is 0 Å². The highest BCUT2D eigenvalue weighted by Crippen LogP contribution is 2.27. The van der Waals surface area contributed by atoms with Gasteiger partial charge in [-0.3, -0.25) is 4.79 Å². The summed E-state index contributed by atoms with van der Waals surface area (Å²) in [5.74, 6) is 1.58. The van der Waals surface area contributed by atoms with Crippen LogP contribution in [-0.4, -0.2) is 18.5 Å². The van der Waals surface area contributed by atoms with Gasteiger partial charge in [0, 0.05) is 18.5 Å². The van der Waals surface area contributed by atoms with E-state index in [2.05, 4.69) is 12.2 Å². The molecule has 0 aliphatic heterocycles. The standard InChI is InChI=1S/C13H26N2O/c1-9-4-6-12(7-5-9)8-15-13(16)10(2)11(3)14/h9-12H,4-8,14H2,1-3H3,(H,15,16). The molecule has 3 heteroatoms. The van der Waals surface area contributed by atoms with Crippen LogP contribution in [0.4, 0.5) is 0 Å². The van der Waals surface area contributed by atoms with E-state index in [9.17, 15) is 4.79 Å². The van der Waals surface area contributed by atoms with E-state index in [-0.39, 0.29) is 17.9 Å². The van der Waals surface area contributed by atoms with E-state index >= 15 is 0 Å². The van der Waals surface area contributed by atoms with Gasteiger partial charge in [-0.25, -0.2) is 0 Å². The highest BCUT2D eigenvalue weighted by atomic mass is 16.1. The van der Waals surface area contributed by atoms with E-state index in [1.165, 1.54) is 25.7 Å². The molecule has 0 spiro atoms. The molecule has 1 aliphatic rings. The van der Waals surface area contributed by atoms with Gasteiger partial charge < -0.3 is 11.1 Å². The first-order chi connectivity index (χ1) is 7.50. The lowest BCUT2D eigenvalue weighted by atomic mass is 9.83. The van der Waals surface area contributed by atoms with E-state index in [1.54, 1.807) is 0 Å². The Kier molecular flexibility index (Phi) is 5.26. The number of hydrogen-bond donors (Lipinski definition) is 2. The van der Waals surface area contributed by atoms with Crippen LogP contribution in [-0.2, 0) is 4.79 Å². The Hall–Kier alpha value is -0.570. The molecule has 0 bridgehead atoms. The monoisotopic (exact) mass is 226 g/mol. The normalized spacial score (nSPS) is 29.5. The first-order valence-electron chi connectivity index (χ1n) is 6.54. The average Bonchev–Trinajstić information content (AvgIpc) is 2.26. The SMILES string of the molecule is CC1CCC(CNC(=O)C(C)C(C)N)CC1. The second kappa shape index (κ2) is 6.24. The molecule has 1 amide bonds. The van der Waals surface area contributed by atoms with E-state index < -0.39 is 0 Å². The molecular formula is C13H26N2O. The molecule has 0 aromatic carbocycles. The molecule has 3 N–H and O–H groups in total. The van der Waals surface area contributed by atoms with E-state index in [1.807, 2.05) is 13.8 Å². The van der Waals surface area contributed by atoms with Crippen molar-refractivity contribution in [1.82, 2.24) is 5.32 Å². The maximum Gasteiger partial charge on any atom is 0.224 e. The molecule has 0 aromatic heterocycles. The Bertz CT molecular complexity index is 220. The van der Waals surface area contributed by atoms with Crippen LogP contribution in [0.25, 0.3) is 0 Å². The third-order valence-corrected chi connectivity index (χ3v) is 3.90. The summed E-state index contributed by atoms with van der Waals surface area (Å²) in [7, 11) is 0. The minimum atomic E-state index is -0.0810. The molecular weight excluding hydrogens is 200 g/mol. The van der Waals surface area contributed by atoms with Crippen molar-refractivity contribution < 1.29 is 4.79 Å². The van der Waals surface area contributed by atoms with Gasteiger partial charge in [-0.05, 0) is 31.6 Å². The largest absolute Gasteiger partial charge is 0.356 e. The number of carbonyl (C=O) groups is 1. The summed E-state index contributed by atoms with van der Waals surface area (Å²) in [6.45, 7) is 6.92. The molecule has 16 heavy (non-hydrogen) atoms. The van der Waals surface area contributed by atoms with Gasteiger partial charge in [-0.15, -0.1) is 0 Å². The number of nitrogens with two attached hydrogens (primary N) is 1. The first kappa shape index (κ1) is 13.5. The van der Waals surface area contributed by atoms with E-state index in [4.69, 9.17) is 5.73 Å². The molecule has 0 heterocycles. The fraction of sp³-hybridized carbons (Fsp3) is 0.923. The second-order valence-electron chi connectivity index (χ2n) is 5.52. The van der Waals surface area contributed by atoms with Crippen LogP contribution >= 0.6 is 0 Å². The summed E-state index contributed by atoms with van der Waals surface area (Å²) in [6, 6.07) is -0.0635. The zero-order chi connectivity index (χ0) is 12.1. The van der Waals surface area contributed by atoms with E-state index in [0.29, 0.717) is 5.92 Å². The maximum atomic E-state index is 11.7. The smallest absolute Gasteiger partial charge is 0.224 e. The lowest BCUT2D eigenvalue weighted by Crippen LogP contribution is -2.40. The molecule has 1 rings (SSSR count). The average molecular weight is 226 g/mol. The van der Waals surface area contributed by atoms with Crippen molar-refractivity contribution in [2.45, 2.75) is 52.5 Å². The minimum absolute atomic E-state index is 0.0635. The minimum Gasteiger partial charge on any atom is -0.356 e. The lowest BCUT2D eigenvalue weighted by molar-refractivity contribution is -0.125. The zero-order valence-electron chi connectivity index (χ0n) is 10.8. The van der Waals surface area contributed by atoms with Crippen LogP contribution in [0.15, 0.2) is 0 Å². The molecule has 1 saturated carbocycles. The van der Waals surface area contributed by atoms with E-state index in [0.717, 1.165) is 12.5 Å². The molecule has 1 fully saturated rings. The Balaban J connectivity index is 2.22. The molecule has 2 unspecified atom stereocenters. The molecule has 0 radical (unpaired) electrons. The van der Waals surface area contributed by atoms with Crippen molar-refractivity contribution in [2.24, 2.45) is 23.5 Å². The zero-order valence-corrected chi connectivity index (χ0v) is 10.8. The number of carbonyl (C=O) groups excluding carboxylic acids is 1. The van der Waals surface area contributed by atoms with Crippen LogP contribution in [0.2, 0.25) is 0 Å². The van der Waals surface area contributed by atoms with Gasteiger partial charge in [0.15, 0.2) is 0 Å². The summed E-state index contributed by atoms with van der Waals surface area (Å²) >= 11 is 0. The van der Waals surface area contributed by atoms with Crippen molar-refractivity contribution in [2.75, 3.05) is 6.54 Å². The number of amides is 1. The predicted molar refractivity (Wildman–Crippen MR) is 66.9 cm³/mol. The van der Waals surface area contributed by atoms with Gasteiger partial charge in [0.25, 0.3) is 0 Å². The fourth-order valence-electron chi connectivity index (χ4n) is 2.18. The fourth-order valence-corrected chi connectivity index (χ4v) is 2.18. The van der Waals surface area contributed by atoms with Gasteiger partial charge in [0.1, 0.15) is 0 Å². The van der Waals surface area contributed by atoms with Crippen molar-refractivity contribution in [3.8, 4) is 0 Å². The maximum absolute atomic E-state index is 11.7. The van der Waals surface area contributed by atoms with Gasteiger partial charge in [-0.2, -0.15) is 0 Å². The highest BCUT2D eigenvalue weighted by molar-refractivity contribution is 5.78. The van der Waals surface area contributed by atoms with Crippen LogP contribution in [0.3, 0.4) is 0 Å². The van der Waals surface area contributed by atoms with Crippen LogP contribution in [0, 0.1) is 17.8 Å². The molecule has 94 valence electrons. The van der Waals surface area contributed by atoms with Gasteiger partial charge in [0.2, 0.25) is 5.91 Å². The summed E-state index contributed by atoms with van der Waals surface area (Å²) in [5, 5.41) is 3.03. The number of hydrogen-bond acceptors (Lipinski definition) is 2. The molecule has 0 aromatic rings. The topological polar surface area (TPSA) is 55.1 Å². The van der Waals surface area contributed by atoms with Crippen molar-refractivity contribution in [3.63, 3.8) is 0 Å². The lowest BCUT2D eigenvalue weighted by Gasteiger charge is -2.27. The van der Waals surface area contributed by atoms with Crippen molar-refractivity contribution >= 4 is 5.91 Å². The van der Waals surface area contributed by atoms with Crippen molar-refractivity contribution in [1.29, 1.82) is 0 Å². The molecule has 2 atom stereocenters. The summed E-state index contributed by atoms with van der Waals surface area (Å²) < 4.78 is 0. The van der Waals surface area contributed by atoms with Crippen LogP contribution in [0.1, 0.15) is 46.5 Å². The van der Waals surface area contributed by atoms with Crippen molar-refractivity contribution in [3.05, 3.63) is 0 Å². The third kappa shape index (κ3) is 4.12. The Morgan fingerprint density at radius 2 is 1.88 bits per heavy atom. The number of nitrogens with one attached hydrogen (secondary N) is 1. The first-order valence-corrected chi connectivity index (χ1v) is 6.54. The summed E-state index contributed by atoms with van der Waals surface area (Å²) in [5.41, 5.74) is 5.70. The van der Waals surface area contributed by atoms with Gasteiger partial charge >= 0.3 is 0 Å². The third-order valence-electron chi connectivity index (χ3n) is 3.90. The Morgan fingerprint density at radius 1 is 1.31 bits per heavy atom. The van der Waals surface area contributed by atoms with Crippen LogP contribution < -0.4 is 11.1 Å². The van der Waals surface area contributed by atoms with Gasteiger partial charge in [0.05, 0.1) is 0 Å². The molecule has 3 nitrogen and oxygen atoms in total. The Morgan fingerprint density at radius 3 is 2.38 bits per heavy atom. The van der Waals surface area contributed by atoms with Gasteiger partial charge in [-0.1, -0.05) is 26.7 Å². The molecule has 0 saturated heterocycles.